The molecule has 2 aromatic carbocycles. The average molecular weight is 350 g/mol. The number of imidazole rings is 1. The van der Waals surface area contributed by atoms with E-state index in [0.717, 1.165) is 22.3 Å². The smallest absolute Gasteiger partial charge is 0.354 e. The lowest BCUT2D eigenvalue weighted by Gasteiger charge is -2.06. The number of carbonyl (C=O) groups is 2. The molecule has 1 aromatic heterocycles. The zero-order valence-corrected chi connectivity index (χ0v) is 14.5. The maximum Gasteiger partial charge on any atom is 0.354 e. The highest BCUT2D eigenvalue weighted by Crippen LogP contribution is 2.26. The fraction of sp³-hybridized carbons (Fsp3) is 0.150. The summed E-state index contributed by atoms with van der Waals surface area (Å²) in [5, 5.41) is 9.34. The summed E-state index contributed by atoms with van der Waals surface area (Å²) < 4.78 is 6.16. The molecule has 0 aliphatic carbocycles. The molecule has 132 valence electrons. The van der Waals surface area contributed by atoms with Crippen LogP contribution in [0.15, 0.2) is 54.9 Å². The second kappa shape index (κ2) is 7.23. The minimum atomic E-state index is -1.01. The van der Waals surface area contributed by atoms with Crippen LogP contribution in [-0.2, 0) is 23.0 Å². The van der Waals surface area contributed by atoms with E-state index in [4.69, 9.17) is 0 Å². The van der Waals surface area contributed by atoms with Gasteiger partial charge < -0.3 is 14.4 Å². The fourth-order valence-electron chi connectivity index (χ4n) is 2.77. The van der Waals surface area contributed by atoms with Crippen LogP contribution in [0.1, 0.15) is 16.1 Å². The van der Waals surface area contributed by atoms with Crippen molar-refractivity contribution >= 4 is 11.9 Å². The molecule has 0 atom stereocenters. The molecule has 0 aliphatic heterocycles. The lowest BCUT2D eigenvalue weighted by molar-refractivity contribution is -0.139. The van der Waals surface area contributed by atoms with Crippen molar-refractivity contribution in [3.05, 3.63) is 66.1 Å². The van der Waals surface area contributed by atoms with Gasteiger partial charge in [0, 0.05) is 12.6 Å². The molecule has 0 saturated heterocycles. The number of carboxylic acids is 1. The van der Waals surface area contributed by atoms with Gasteiger partial charge in [-0.3, -0.25) is 4.79 Å². The number of rotatable bonds is 5. The third-order valence-electron chi connectivity index (χ3n) is 4.16. The number of hydrogen-bond acceptors (Lipinski definition) is 4. The van der Waals surface area contributed by atoms with E-state index in [1.807, 2.05) is 48.5 Å². The number of hydrogen-bond donors (Lipinski definition) is 1. The minimum Gasteiger partial charge on any atom is -0.477 e. The Balaban J connectivity index is 1.84. The normalized spacial score (nSPS) is 10.5. The summed E-state index contributed by atoms with van der Waals surface area (Å²) in [7, 11) is 3.03. The van der Waals surface area contributed by atoms with Gasteiger partial charge in [-0.25, -0.2) is 9.78 Å². The van der Waals surface area contributed by atoms with Gasteiger partial charge in [-0.15, -0.1) is 0 Å². The Morgan fingerprint density at radius 3 is 2.08 bits per heavy atom. The van der Waals surface area contributed by atoms with E-state index >= 15 is 0 Å². The molecule has 26 heavy (non-hydrogen) atoms. The molecule has 0 bridgehead atoms. The first kappa shape index (κ1) is 17.4. The van der Waals surface area contributed by atoms with Crippen LogP contribution < -0.4 is 0 Å². The van der Waals surface area contributed by atoms with Crippen molar-refractivity contribution in [2.24, 2.45) is 7.05 Å². The van der Waals surface area contributed by atoms with Crippen LogP contribution in [0.5, 0.6) is 0 Å². The monoisotopic (exact) mass is 350 g/mol. The SMILES string of the molecule is COC(=O)Cc1ccc(-c2ccc(-c3ncn(C)c3C(=O)O)cc2)cc1. The predicted molar refractivity (Wildman–Crippen MR) is 96.8 cm³/mol. The van der Waals surface area contributed by atoms with Gasteiger partial charge in [0.05, 0.1) is 19.9 Å². The van der Waals surface area contributed by atoms with E-state index < -0.39 is 5.97 Å². The van der Waals surface area contributed by atoms with Crippen LogP contribution in [0, 0.1) is 0 Å². The summed E-state index contributed by atoms with van der Waals surface area (Å²) in [4.78, 5) is 26.9. The lowest BCUT2D eigenvalue weighted by atomic mass is 10.0. The Bertz CT molecular complexity index is 941. The number of nitrogens with zero attached hydrogens (tertiary/aromatic N) is 2. The van der Waals surface area contributed by atoms with E-state index in [9.17, 15) is 14.7 Å². The quantitative estimate of drug-likeness (QED) is 0.715. The Morgan fingerprint density at radius 2 is 1.54 bits per heavy atom. The van der Waals surface area contributed by atoms with E-state index in [-0.39, 0.29) is 18.1 Å². The van der Waals surface area contributed by atoms with Crippen LogP contribution in [0.2, 0.25) is 0 Å². The Kier molecular flexibility index (Phi) is 4.84. The molecule has 0 saturated carbocycles. The minimum absolute atomic E-state index is 0.157. The van der Waals surface area contributed by atoms with Crippen LogP contribution in [0.3, 0.4) is 0 Å². The molecule has 6 heteroatoms. The standard InChI is InChI=1S/C20H18N2O4/c1-22-12-21-18(19(22)20(24)25)16-9-7-15(8-10-16)14-5-3-13(4-6-14)11-17(23)26-2/h3-10,12H,11H2,1-2H3,(H,24,25). The second-order valence-corrected chi connectivity index (χ2v) is 5.89. The van der Waals surface area contributed by atoms with Crippen molar-refractivity contribution < 1.29 is 19.4 Å². The van der Waals surface area contributed by atoms with Gasteiger partial charge in [0.1, 0.15) is 5.69 Å². The van der Waals surface area contributed by atoms with Crippen LogP contribution in [0.25, 0.3) is 22.4 Å². The number of benzene rings is 2. The Labute approximate surface area is 150 Å². The molecule has 1 N–H and O–H groups in total. The molecule has 0 unspecified atom stereocenters. The second-order valence-electron chi connectivity index (χ2n) is 5.89. The Morgan fingerprint density at radius 1 is 1.00 bits per heavy atom. The first-order valence-corrected chi connectivity index (χ1v) is 8.00. The maximum absolute atomic E-state index is 11.4. The van der Waals surface area contributed by atoms with Gasteiger partial charge in [-0.2, -0.15) is 0 Å². The van der Waals surface area contributed by atoms with Crippen molar-refractivity contribution in [3.63, 3.8) is 0 Å². The number of esters is 1. The van der Waals surface area contributed by atoms with Crippen LogP contribution in [0.4, 0.5) is 0 Å². The van der Waals surface area contributed by atoms with E-state index in [0.29, 0.717) is 5.69 Å². The highest BCUT2D eigenvalue weighted by Gasteiger charge is 2.17. The van der Waals surface area contributed by atoms with Crippen molar-refractivity contribution in [3.8, 4) is 22.4 Å². The molecule has 1 heterocycles. The van der Waals surface area contributed by atoms with Gasteiger partial charge in [-0.1, -0.05) is 48.5 Å². The molecular weight excluding hydrogens is 332 g/mol. The summed E-state index contributed by atoms with van der Waals surface area (Å²) >= 11 is 0. The Hall–Kier alpha value is -3.41. The molecule has 3 rings (SSSR count). The van der Waals surface area contributed by atoms with Gasteiger partial charge in [0.2, 0.25) is 0 Å². The fourth-order valence-corrected chi connectivity index (χ4v) is 2.77. The number of methoxy groups -OCH3 is 1. The first-order valence-electron chi connectivity index (χ1n) is 8.00. The largest absolute Gasteiger partial charge is 0.477 e. The van der Waals surface area contributed by atoms with Crippen molar-refractivity contribution in [2.75, 3.05) is 7.11 Å². The highest BCUT2D eigenvalue weighted by molar-refractivity contribution is 5.93. The number of aromatic nitrogens is 2. The van der Waals surface area contributed by atoms with Crippen LogP contribution >= 0.6 is 0 Å². The maximum atomic E-state index is 11.4. The number of aromatic carboxylic acids is 1. The average Bonchev–Trinajstić information content (AvgIpc) is 3.04. The van der Waals surface area contributed by atoms with Crippen molar-refractivity contribution in [1.29, 1.82) is 0 Å². The van der Waals surface area contributed by atoms with Gasteiger partial charge >= 0.3 is 11.9 Å². The molecule has 0 aliphatic rings. The summed E-state index contributed by atoms with van der Waals surface area (Å²) in [5.41, 5.74) is 4.23. The summed E-state index contributed by atoms with van der Waals surface area (Å²) in [6.45, 7) is 0. The molecule has 0 radical (unpaired) electrons. The molecule has 0 spiro atoms. The van der Waals surface area contributed by atoms with Gasteiger partial charge in [0.15, 0.2) is 5.69 Å². The third kappa shape index (κ3) is 3.49. The molecule has 3 aromatic rings. The summed E-state index contributed by atoms with van der Waals surface area (Å²) in [5.74, 6) is -1.28. The zero-order chi connectivity index (χ0) is 18.7. The van der Waals surface area contributed by atoms with Gasteiger partial charge in [0.25, 0.3) is 0 Å². The first-order chi connectivity index (χ1) is 12.5. The zero-order valence-electron chi connectivity index (χ0n) is 14.5. The summed E-state index contributed by atoms with van der Waals surface area (Å²) in [6, 6.07) is 15.2. The van der Waals surface area contributed by atoms with E-state index in [1.54, 1.807) is 7.05 Å². The predicted octanol–water partition coefficient (Wildman–Crippen LogP) is 3.17. The van der Waals surface area contributed by atoms with Crippen molar-refractivity contribution in [2.45, 2.75) is 6.42 Å². The lowest BCUT2D eigenvalue weighted by Crippen LogP contribution is -2.05. The van der Waals surface area contributed by atoms with Crippen LogP contribution in [-0.4, -0.2) is 33.7 Å². The molecule has 6 nitrogen and oxygen atoms in total. The topological polar surface area (TPSA) is 81.4 Å². The summed E-state index contributed by atoms with van der Waals surface area (Å²) in [6.07, 6.45) is 1.74. The van der Waals surface area contributed by atoms with Gasteiger partial charge in [-0.05, 0) is 16.7 Å². The number of ether oxygens (including phenoxy) is 1. The molecular formula is C20H18N2O4. The number of carboxylic acid groups (broad SMARTS) is 1. The number of carbonyl (C=O) groups excluding carboxylic acids is 1. The third-order valence-corrected chi connectivity index (χ3v) is 4.16. The highest BCUT2D eigenvalue weighted by atomic mass is 16.5. The van der Waals surface area contributed by atoms with Crippen molar-refractivity contribution in [1.82, 2.24) is 9.55 Å². The molecule has 0 fully saturated rings. The van der Waals surface area contributed by atoms with E-state index in [2.05, 4.69) is 9.72 Å². The van der Waals surface area contributed by atoms with E-state index in [1.165, 1.54) is 18.0 Å². The molecule has 0 amide bonds. The number of aryl methyl sites for hydroxylation is 1.